The second-order valence-corrected chi connectivity index (χ2v) is 6.06. The van der Waals surface area contributed by atoms with E-state index in [0.29, 0.717) is 24.7 Å². The fourth-order valence-corrected chi connectivity index (χ4v) is 2.67. The molecule has 0 saturated carbocycles. The Bertz CT molecular complexity index is 691. The smallest absolute Gasteiger partial charge is 0.318 e. The zero-order chi connectivity index (χ0) is 18.2. The summed E-state index contributed by atoms with van der Waals surface area (Å²) in [4.78, 5) is 14.4. The average Bonchev–Trinajstić information content (AvgIpc) is 3.08. The number of halogens is 1. The molecular weight excluding hydrogens is 342 g/mol. The van der Waals surface area contributed by atoms with E-state index in [4.69, 9.17) is 16.3 Å². The Balaban J connectivity index is 2.08. The minimum Gasteiger partial charge on any atom is -0.383 e. The number of hydrogen-bond acceptors (Lipinski definition) is 4. The highest BCUT2D eigenvalue weighted by Gasteiger charge is 2.20. The minimum absolute atomic E-state index is 0.199. The molecule has 0 aliphatic rings. The van der Waals surface area contributed by atoms with Crippen LogP contribution in [0.25, 0.3) is 0 Å². The number of aromatic nitrogens is 3. The first-order chi connectivity index (χ1) is 12.1. The number of nitrogens with zero attached hydrogens (tertiary/aromatic N) is 4. The number of benzene rings is 1. The molecule has 0 saturated heterocycles. The molecule has 136 valence electrons. The topological polar surface area (TPSA) is 72.3 Å². The summed E-state index contributed by atoms with van der Waals surface area (Å²) in [5, 5.41) is 11.6. The molecule has 2 rings (SSSR count). The molecule has 0 aliphatic carbocycles. The molecule has 8 heteroatoms. The summed E-state index contributed by atoms with van der Waals surface area (Å²) in [6, 6.07) is 7.04. The van der Waals surface area contributed by atoms with Crippen molar-refractivity contribution >= 4 is 17.6 Å². The molecule has 0 bridgehead atoms. The highest BCUT2D eigenvalue weighted by atomic mass is 35.5. The number of nitrogens with one attached hydrogen (secondary N) is 1. The molecule has 0 fully saturated rings. The molecule has 1 N–H and O–H groups in total. The highest BCUT2D eigenvalue weighted by molar-refractivity contribution is 6.31. The van der Waals surface area contributed by atoms with Crippen molar-refractivity contribution < 1.29 is 9.53 Å². The van der Waals surface area contributed by atoms with Gasteiger partial charge in [-0.2, -0.15) is 0 Å². The van der Waals surface area contributed by atoms with Crippen molar-refractivity contribution in [3.05, 3.63) is 47.0 Å². The van der Waals surface area contributed by atoms with Crippen molar-refractivity contribution in [2.45, 2.75) is 33.0 Å². The molecule has 0 spiro atoms. The second-order valence-electron chi connectivity index (χ2n) is 5.65. The van der Waals surface area contributed by atoms with Gasteiger partial charge in [-0.1, -0.05) is 29.8 Å². The van der Waals surface area contributed by atoms with Gasteiger partial charge in [-0.3, -0.25) is 0 Å². The maximum Gasteiger partial charge on any atom is 0.318 e. The summed E-state index contributed by atoms with van der Waals surface area (Å²) < 4.78 is 7.02. The Morgan fingerprint density at radius 1 is 1.44 bits per heavy atom. The first kappa shape index (κ1) is 19.2. The molecule has 1 aromatic carbocycles. The van der Waals surface area contributed by atoms with Gasteiger partial charge in [-0.15, -0.1) is 10.2 Å². The maximum atomic E-state index is 12.7. The fraction of sp³-hybridized carbons (Fsp3) is 0.471. The summed E-state index contributed by atoms with van der Waals surface area (Å²) in [6.45, 7) is 5.94. The standard InChI is InChI=1S/C17H24ClN5O2/c1-4-22-12-19-21-16(22)13(2)20-17(24)23(9-10-25-3)11-14-7-5-6-8-15(14)18/h5-8,12-13H,4,9-11H2,1-3H3,(H,20,24)/t13-/m1/s1. The fourth-order valence-electron chi connectivity index (χ4n) is 2.47. The molecule has 1 atom stereocenters. The number of methoxy groups -OCH3 is 1. The second kappa shape index (κ2) is 9.39. The number of rotatable bonds is 8. The predicted molar refractivity (Wildman–Crippen MR) is 96.4 cm³/mol. The Morgan fingerprint density at radius 2 is 2.20 bits per heavy atom. The zero-order valence-electron chi connectivity index (χ0n) is 14.8. The van der Waals surface area contributed by atoms with Crippen LogP contribution in [-0.2, 0) is 17.8 Å². The molecule has 1 aromatic heterocycles. The molecule has 7 nitrogen and oxygen atoms in total. The lowest BCUT2D eigenvalue weighted by Gasteiger charge is -2.25. The highest BCUT2D eigenvalue weighted by Crippen LogP contribution is 2.18. The van der Waals surface area contributed by atoms with Gasteiger partial charge in [0.15, 0.2) is 5.82 Å². The summed E-state index contributed by atoms with van der Waals surface area (Å²) >= 11 is 6.22. The average molecular weight is 366 g/mol. The van der Waals surface area contributed by atoms with E-state index in [9.17, 15) is 4.79 Å². The quantitative estimate of drug-likeness (QED) is 0.780. The Hall–Kier alpha value is -2.12. The van der Waals surface area contributed by atoms with Gasteiger partial charge < -0.3 is 19.5 Å². The largest absolute Gasteiger partial charge is 0.383 e. The van der Waals surface area contributed by atoms with Crippen molar-refractivity contribution in [3.63, 3.8) is 0 Å². The lowest BCUT2D eigenvalue weighted by molar-refractivity contribution is 0.144. The van der Waals surface area contributed by atoms with Crippen molar-refractivity contribution in [1.29, 1.82) is 0 Å². The van der Waals surface area contributed by atoms with E-state index < -0.39 is 0 Å². The van der Waals surface area contributed by atoms with Crippen LogP contribution in [0.2, 0.25) is 5.02 Å². The Labute approximate surface area is 152 Å². The summed E-state index contributed by atoms with van der Waals surface area (Å²) in [5.41, 5.74) is 0.889. The van der Waals surface area contributed by atoms with E-state index in [-0.39, 0.29) is 12.1 Å². The van der Waals surface area contributed by atoms with Crippen LogP contribution in [-0.4, -0.2) is 46.0 Å². The lowest BCUT2D eigenvalue weighted by Crippen LogP contribution is -2.42. The van der Waals surface area contributed by atoms with Crippen LogP contribution in [0.3, 0.4) is 0 Å². The van der Waals surface area contributed by atoms with Crippen molar-refractivity contribution in [1.82, 2.24) is 25.0 Å². The van der Waals surface area contributed by atoms with E-state index in [1.807, 2.05) is 42.7 Å². The summed E-state index contributed by atoms with van der Waals surface area (Å²) in [5.74, 6) is 0.722. The van der Waals surface area contributed by atoms with Crippen LogP contribution < -0.4 is 5.32 Å². The van der Waals surface area contributed by atoms with Crippen molar-refractivity contribution in [2.75, 3.05) is 20.3 Å². The van der Waals surface area contributed by atoms with Gasteiger partial charge in [0.25, 0.3) is 0 Å². The van der Waals surface area contributed by atoms with Crippen LogP contribution in [0, 0.1) is 0 Å². The van der Waals surface area contributed by atoms with E-state index >= 15 is 0 Å². The van der Waals surface area contributed by atoms with Gasteiger partial charge in [-0.25, -0.2) is 4.79 Å². The van der Waals surface area contributed by atoms with Crippen molar-refractivity contribution in [3.8, 4) is 0 Å². The number of ether oxygens (including phenoxy) is 1. The van der Waals surface area contributed by atoms with E-state index in [1.54, 1.807) is 18.3 Å². The zero-order valence-corrected chi connectivity index (χ0v) is 15.5. The first-order valence-corrected chi connectivity index (χ1v) is 8.60. The number of urea groups is 1. The molecule has 0 radical (unpaired) electrons. The van der Waals surface area contributed by atoms with Crippen LogP contribution >= 0.6 is 11.6 Å². The van der Waals surface area contributed by atoms with E-state index in [1.165, 1.54) is 0 Å². The van der Waals surface area contributed by atoms with Crippen LogP contribution in [0.15, 0.2) is 30.6 Å². The normalized spacial score (nSPS) is 12.0. The third-order valence-corrected chi connectivity index (χ3v) is 4.25. The molecule has 2 aromatic rings. The first-order valence-electron chi connectivity index (χ1n) is 8.22. The van der Waals surface area contributed by atoms with Gasteiger partial charge in [0.2, 0.25) is 0 Å². The third-order valence-electron chi connectivity index (χ3n) is 3.89. The summed E-state index contributed by atoms with van der Waals surface area (Å²) in [6.07, 6.45) is 1.66. The number of carbonyl (C=O) groups is 1. The Morgan fingerprint density at radius 3 is 2.88 bits per heavy atom. The van der Waals surface area contributed by atoms with Crippen LogP contribution in [0.1, 0.15) is 31.3 Å². The van der Waals surface area contributed by atoms with E-state index in [0.717, 1.165) is 17.9 Å². The van der Waals surface area contributed by atoms with Gasteiger partial charge in [0, 0.05) is 31.8 Å². The number of carbonyl (C=O) groups excluding carboxylic acids is 1. The molecule has 0 aliphatic heterocycles. The molecule has 2 amide bonds. The number of hydrogen-bond donors (Lipinski definition) is 1. The molecule has 25 heavy (non-hydrogen) atoms. The van der Waals surface area contributed by atoms with Crippen LogP contribution in [0.5, 0.6) is 0 Å². The van der Waals surface area contributed by atoms with Gasteiger partial charge >= 0.3 is 6.03 Å². The molecular formula is C17H24ClN5O2. The molecule has 0 unspecified atom stereocenters. The monoisotopic (exact) mass is 365 g/mol. The number of aryl methyl sites for hydroxylation is 1. The van der Waals surface area contributed by atoms with Crippen LogP contribution in [0.4, 0.5) is 4.79 Å². The number of amides is 2. The SMILES string of the molecule is CCn1cnnc1[C@@H](C)NC(=O)N(CCOC)Cc1ccccc1Cl. The predicted octanol–water partition coefficient (Wildman–Crippen LogP) is 2.87. The summed E-state index contributed by atoms with van der Waals surface area (Å²) in [7, 11) is 1.61. The van der Waals surface area contributed by atoms with Gasteiger partial charge in [-0.05, 0) is 25.5 Å². The Kier molecular flexibility index (Phi) is 7.21. The van der Waals surface area contributed by atoms with Gasteiger partial charge in [0.05, 0.1) is 12.6 Å². The maximum absolute atomic E-state index is 12.7. The van der Waals surface area contributed by atoms with Crippen molar-refractivity contribution in [2.24, 2.45) is 0 Å². The lowest BCUT2D eigenvalue weighted by atomic mass is 10.2. The van der Waals surface area contributed by atoms with Gasteiger partial charge in [0.1, 0.15) is 6.33 Å². The minimum atomic E-state index is -0.258. The molecule has 1 heterocycles. The van der Waals surface area contributed by atoms with E-state index in [2.05, 4.69) is 15.5 Å². The third kappa shape index (κ3) is 5.17.